The lowest BCUT2D eigenvalue weighted by atomic mass is 9.97. The van der Waals surface area contributed by atoms with Crippen molar-refractivity contribution in [1.82, 2.24) is 5.32 Å². The van der Waals surface area contributed by atoms with E-state index in [-0.39, 0.29) is 0 Å². The molecule has 1 N–H and O–H groups in total. The number of hydrogen-bond donors (Lipinski definition) is 1. The lowest BCUT2D eigenvalue weighted by Crippen LogP contribution is -2.33. The van der Waals surface area contributed by atoms with Crippen molar-refractivity contribution in [2.24, 2.45) is 0 Å². The van der Waals surface area contributed by atoms with Crippen LogP contribution < -0.4 is 5.32 Å². The van der Waals surface area contributed by atoms with Crippen molar-refractivity contribution < 1.29 is 0 Å². The van der Waals surface area contributed by atoms with Crippen molar-refractivity contribution >= 4 is 29.0 Å². The van der Waals surface area contributed by atoms with Gasteiger partial charge < -0.3 is 5.32 Å². The first-order valence-corrected chi connectivity index (χ1v) is 6.19. The van der Waals surface area contributed by atoms with Gasteiger partial charge in [0.05, 0.1) is 4.34 Å². The third-order valence-electron chi connectivity index (χ3n) is 2.59. The van der Waals surface area contributed by atoms with E-state index in [0.717, 1.165) is 10.9 Å². The lowest BCUT2D eigenvalue weighted by Gasteiger charge is -2.23. The first-order valence-electron chi connectivity index (χ1n) is 4.93. The molecule has 1 unspecified atom stereocenters. The third-order valence-corrected chi connectivity index (χ3v) is 3.70. The van der Waals surface area contributed by atoms with Crippen LogP contribution in [0.25, 0.3) is 6.08 Å². The molecule has 0 bridgehead atoms. The van der Waals surface area contributed by atoms with Crippen LogP contribution in [0.2, 0.25) is 4.34 Å². The fraction of sp³-hybridized carbons (Fsp3) is 0.455. The predicted molar refractivity (Wildman–Crippen MR) is 64.0 cm³/mol. The molecule has 3 heteroatoms. The highest BCUT2D eigenvalue weighted by Gasteiger charge is 2.12. The van der Waals surface area contributed by atoms with Crippen LogP contribution in [0.15, 0.2) is 17.0 Å². The van der Waals surface area contributed by atoms with E-state index in [1.54, 1.807) is 11.3 Å². The Morgan fingerprint density at radius 2 is 2.50 bits per heavy atom. The monoisotopic (exact) mass is 227 g/mol. The Balaban J connectivity index is 2.16. The summed E-state index contributed by atoms with van der Waals surface area (Å²) in [6, 6.07) is 2.54. The first kappa shape index (κ1) is 10.2. The number of piperidine rings is 1. The van der Waals surface area contributed by atoms with Gasteiger partial charge in [0.15, 0.2) is 0 Å². The minimum atomic E-state index is 0.516. The standard InChI is InChI=1S/C11H14ClNS/c1-8-10(3-2-4-13-8)5-9-6-11(12)14-7-9/h5-8,13H,2-4H2,1H3/b10-5+. The summed E-state index contributed by atoms with van der Waals surface area (Å²) in [6.45, 7) is 3.36. The molecule has 1 aliphatic rings. The SMILES string of the molecule is CC1NCCC/C1=C\c1csc(Cl)c1. The summed E-state index contributed by atoms with van der Waals surface area (Å²) in [5.74, 6) is 0. The van der Waals surface area contributed by atoms with Gasteiger partial charge in [-0.3, -0.25) is 0 Å². The molecule has 1 fully saturated rings. The molecule has 14 heavy (non-hydrogen) atoms. The summed E-state index contributed by atoms with van der Waals surface area (Å²) in [5, 5.41) is 5.57. The second-order valence-electron chi connectivity index (χ2n) is 3.68. The van der Waals surface area contributed by atoms with Crippen LogP contribution in [0.1, 0.15) is 25.3 Å². The normalized spacial score (nSPS) is 25.6. The molecule has 2 heterocycles. The second-order valence-corrected chi connectivity index (χ2v) is 5.23. The van der Waals surface area contributed by atoms with Crippen LogP contribution in [-0.4, -0.2) is 12.6 Å². The molecule has 0 amide bonds. The average Bonchev–Trinajstić information content (AvgIpc) is 2.56. The molecule has 76 valence electrons. The van der Waals surface area contributed by atoms with Gasteiger partial charge in [0.25, 0.3) is 0 Å². The highest BCUT2D eigenvalue weighted by Crippen LogP contribution is 2.24. The summed E-state index contributed by atoms with van der Waals surface area (Å²) in [6.07, 6.45) is 4.72. The Kier molecular flexibility index (Phi) is 3.26. The second kappa shape index (κ2) is 4.47. The van der Waals surface area contributed by atoms with Crippen molar-refractivity contribution in [3.63, 3.8) is 0 Å². The number of thiophene rings is 1. The van der Waals surface area contributed by atoms with Gasteiger partial charge in [-0.1, -0.05) is 23.3 Å². The Labute approximate surface area is 93.8 Å². The maximum absolute atomic E-state index is 5.89. The van der Waals surface area contributed by atoms with E-state index in [1.165, 1.54) is 24.0 Å². The zero-order chi connectivity index (χ0) is 9.97. The third kappa shape index (κ3) is 2.38. The van der Waals surface area contributed by atoms with Crippen molar-refractivity contribution in [2.45, 2.75) is 25.8 Å². The van der Waals surface area contributed by atoms with Gasteiger partial charge >= 0.3 is 0 Å². The molecule has 0 aliphatic carbocycles. The fourth-order valence-electron chi connectivity index (χ4n) is 1.77. The summed E-state index contributed by atoms with van der Waals surface area (Å²) >= 11 is 7.48. The van der Waals surface area contributed by atoms with E-state index in [9.17, 15) is 0 Å². The van der Waals surface area contributed by atoms with Crippen molar-refractivity contribution in [1.29, 1.82) is 0 Å². The highest BCUT2D eigenvalue weighted by molar-refractivity contribution is 7.14. The molecule has 1 aromatic rings. The average molecular weight is 228 g/mol. The smallest absolute Gasteiger partial charge is 0.0934 e. The molecule has 1 atom stereocenters. The van der Waals surface area contributed by atoms with Crippen molar-refractivity contribution in [2.75, 3.05) is 6.54 Å². The Hall–Kier alpha value is -0.310. The van der Waals surface area contributed by atoms with Crippen molar-refractivity contribution in [3.8, 4) is 0 Å². The predicted octanol–water partition coefficient (Wildman–Crippen LogP) is 3.56. The van der Waals surface area contributed by atoms with Gasteiger partial charge in [-0.25, -0.2) is 0 Å². The molecular formula is C11H14ClNS. The summed E-state index contributed by atoms with van der Waals surface area (Å²) in [7, 11) is 0. The van der Waals surface area contributed by atoms with Gasteiger partial charge in [-0.2, -0.15) is 0 Å². The first-order chi connectivity index (χ1) is 6.75. The molecule has 1 saturated heterocycles. The van der Waals surface area contributed by atoms with Crippen LogP contribution in [-0.2, 0) is 0 Å². The number of rotatable bonds is 1. The van der Waals surface area contributed by atoms with Crippen LogP contribution in [0, 0.1) is 0 Å². The zero-order valence-electron chi connectivity index (χ0n) is 8.22. The van der Waals surface area contributed by atoms with E-state index in [1.807, 2.05) is 6.07 Å². The number of halogens is 1. The minimum absolute atomic E-state index is 0.516. The van der Waals surface area contributed by atoms with E-state index < -0.39 is 0 Å². The Bertz CT molecular complexity index is 343. The molecule has 0 saturated carbocycles. The number of nitrogens with one attached hydrogen (secondary N) is 1. The molecule has 0 radical (unpaired) electrons. The molecular weight excluding hydrogens is 214 g/mol. The van der Waals surface area contributed by atoms with Crippen LogP contribution in [0.4, 0.5) is 0 Å². The van der Waals surface area contributed by atoms with Crippen LogP contribution in [0.5, 0.6) is 0 Å². The zero-order valence-corrected chi connectivity index (χ0v) is 9.79. The summed E-state index contributed by atoms with van der Waals surface area (Å²) in [5.41, 5.74) is 2.73. The lowest BCUT2D eigenvalue weighted by molar-refractivity contribution is 0.520. The van der Waals surface area contributed by atoms with Gasteiger partial charge in [0.2, 0.25) is 0 Å². The van der Waals surface area contributed by atoms with Gasteiger partial charge in [-0.05, 0) is 43.3 Å². The fourth-order valence-corrected chi connectivity index (χ4v) is 2.62. The van der Waals surface area contributed by atoms with E-state index in [2.05, 4.69) is 23.7 Å². The largest absolute Gasteiger partial charge is 0.311 e. The summed E-state index contributed by atoms with van der Waals surface area (Å²) < 4.78 is 0.869. The topological polar surface area (TPSA) is 12.0 Å². The molecule has 0 aromatic carbocycles. The number of hydrogen-bond acceptors (Lipinski definition) is 2. The van der Waals surface area contributed by atoms with Crippen LogP contribution in [0.3, 0.4) is 0 Å². The van der Waals surface area contributed by atoms with Gasteiger partial charge in [0, 0.05) is 6.04 Å². The molecule has 1 aromatic heterocycles. The summed E-state index contributed by atoms with van der Waals surface area (Å²) in [4.78, 5) is 0. The molecule has 2 rings (SSSR count). The van der Waals surface area contributed by atoms with E-state index in [0.29, 0.717) is 6.04 Å². The molecule has 1 aliphatic heterocycles. The highest BCUT2D eigenvalue weighted by atomic mass is 35.5. The maximum atomic E-state index is 5.89. The molecule has 1 nitrogen and oxygen atoms in total. The van der Waals surface area contributed by atoms with E-state index >= 15 is 0 Å². The Morgan fingerprint density at radius 3 is 3.14 bits per heavy atom. The maximum Gasteiger partial charge on any atom is 0.0934 e. The Morgan fingerprint density at radius 1 is 1.64 bits per heavy atom. The van der Waals surface area contributed by atoms with Gasteiger partial charge in [0.1, 0.15) is 0 Å². The quantitative estimate of drug-likeness (QED) is 0.774. The van der Waals surface area contributed by atoms with Gasteiger partial charge in [-0.15, -0.1) is 11.3 Å². The van der Waals surface area contributed by atoms with Crippen molar-refractivity contribution in [3.05, 3.63) is 26.9 Å². The van der Waals surface area contributed by atoms with Crippen LogP contribution >= 0.6 is 22.9 Å². The minimum Gasteiger partial charge on any atom is -0.311 e. The van der Waals surface area contributed by atoms with E-state index in [4.69, 9.17) is 11.6 Å². The molecule has 0 spiro atoms.